The van der Waals surface area contributed by atoms with Crippen molar-refractivity contribution in [2.45, 2.75) is 11.8 Å². The van der Waals surface area contributed by atoms with Crippen molar-refractivity contribution in [2.24, 2.45) is 5.14 Å². The van der Waals surface area contributed by atoms with Gasteiger partial charge in [-0.2, -0.15) is 0 Å². The second-order valence-electron chi connectivity index (χ2n) is 5.55. The number of hydrogen-bond donors (Lipinski definition) is 1. The van der Waals surface area contributed by atoms with Gasteiger partial charge in [0.1, 0.15) is 10.7 Å². The summed E-state index contributed by atoms with van der Waals surface area (Å²) in [5.41, 5.74) is 3.54. The zero-order valence-electron chi connectivity index (χ0n) is 13.2. The van der Waals surface area contributed by atoms with Crippen molar-refractivity contribution in [1.29, 1.82) is 0 Å². The predicted octanol–water partition coefficient (Wildman–Crippen LogP) is 4.16. The maximum atomic E-state index is 14.2. The first-order valence-electron chi connectivity index (χ1n) is 7.31. The van der Waals surface area contributed by atoms with Gasteiger partial charge >= 0.3 is 0 Å². The molecule has 0 aliphatic rings. The van der Waals surface area contributed by atoms with E-state index < -0.39 is 20.7 Å². The van der Waals surface area contributed by atoms with E-state index in [0.29, 0.717) is 21.8 Å². The molecule has 0 aliphatic carbocycles. The number of benzene rings is 2. The summed E-state index contributed by atoms with van der Waals surface area (Å²) in [6.07, 6.45) is 1.64. The minimum absolute atomic E-state index is 0.501. The van der Waals surface area contributed by atoms with Crippen molar-refractivity contribution in [3.05, 3.63) is 71.1 Å². The van der Waals surface area contributed by atoms with Crippen molar-refractivity contribution in [2.75, 3.05) is 0 Å². The molecule has 0 radical (unpaired) electrons. The highest BCUT2D eigenvalue weighted by molar-refractivity contribution is 7.89. The van der Waals surface area contributed by atoms with Crippen LogP contribution in [0.4, 0.5) is 4.39 Å². The first-order valence-corrected chi connectivity index (χ1v) is 9.24. The maximum absolute atomic E-state index is 14.2. The second-order valence-corrected chi connectivity index (χ2v) is 7.49. The van der Waals surface area contributed by atoms with Crippen molar-refractivity contribution in [3.63, 3.8) is 0 Å². The summed E-state index contributed by atoms with van der Waals surface area (Å²) >= 11 is 6.07. The van der Waals surface area contributed by atoms with E-state index in [1.165, 1.54) is 6.07 Å². The molecule has 0 aliphatic heterocycles. The number of nitrogens with two attached hydrogens (primary N) is 1. The maximum Gasteiger partial charge on any atom is 0.240 e. The highest BCUT2D eigenvalue weighted by Gasteiger charge is 2.17. The molecule has 25 heavy (non-hydrogen) atoms. The van der Waals surface area contributed by atoms with Gasteiger partial charge < -0.3 is 0 Å². The third-order valence-corrected chi connectivity index (χ3v) is 5.16. The Labute approximate surface area is 150 Å². The molecule has 1 aromatic heterocycles. The molecule has 0 amide bonds. The summed E-state index contributed by atoms with van der Waals surface area (Å²) in [5.74, 6) is -0.901. The largest absolute Gasteiger partial charge is 0.256 e. The number of hydrogen-bond acceptors (Lipinski definition) is 3. The van der Waals surface area contributed by atoms with Crippen LogP contribution in [0.25, 0.3) is 22.4 Å². The highest BCUT2D eigenvalue weighted by atomic mass is 35.5. The van der Waals surface area contributed by atoms with Crippen molar-refractivity contribution >= 4 is 21.6 Å². The van der Waals surface area contributed by atoms with E-state index in [4.69, 9.17) is 16.7 Å². The van der Waals surface area contributed by atoms with Gasteiger partial charge in [0.25, 0.3) is 0 Å². The molecule has 0 spiro atoms. The molecule has 0 saturated heterocycles. The van der Waals surface area contributed by atoms with Crippen molar-refractivity contribution in [1.82, 2.24) is 4.98 Å². The Morgan fingerprint density at radius 1 is 1.08 bits per heavy atom. The summed E-state index contributed by atoms with van der Waals surface area (Å²) in [6.45, 7) is 1.88. The van der Waals surface area contributed by atoms with E-state index in [1.54, 1.807) is 24.4 Å². The number of aromatic nitrogens is 1. The first kappa shape index (κ1) is 17.5. The third kappa shape index (κ3) is 3.56. The quantitative estimate of drug-likeness (QED) is 0.745. The average Bonchev–Trinajstić information content (AvgIpc) is 2.56. The number of halogens is 2. The molecule has 0 saturated carbocycles. The third-order valence-electron chi connectivity index (χ3n) is 3.79. The Morgan fingerprint density at radius 3 is 2.44 bits per heavy atom. The van der Waals surface area contributed by atoms with Gasteiger partial charge in [-0.15, -0.1) is 0 Å². The smallest absolute Gasteiger partial charge is 0.240 e. The lowest BCUT2D eigenvalue weighted by molar-refractivity contribution is 0.568. The zero-order chi connectivity index (χ0) is 18.2. The summed E-state index contributed by atoms with van der Waals surface area (Å²) in [5, 5.41) is 5.65. The van der Waals surface area contributed by atoms with Crippen LogP contribution in [0, 0.1) is 12.7 Å². The minimum atomic E-state index is -4.11. The van der Waals surface area contributed by atoms with Crippen LogP contribution in [0.15, 0.2) is 59.6 Å². The molecule has 0 atom stereocenters. The van der Waals surface area contributed by atoms with E-state index in [2.05, 4.69) is 4.98 Å². The number of rotatable bonds is 3. The van der Waals surface area contributed by atoms with Gasteiger partial charge in [0.15, 0.2) is 0 Å². The van der Waals surface area contributed by atoms with Crippen LogP contribution in [0.3, 0.4) is 0 Å². The summed E-state index contributed by atoms with van der Waals surface area (Å²) in [6, 6.07) is 12.8. The lowest BCUT2D eigenvalue weighted by Crippen LogP contribution is -2.13. The monoisotopic (exact) mass is 376 g/mol. The molecule has 3 rings (SSSR count). The number of pyridine rings is 1. The van der Waals surface area contributed by atoms with Gasteiger partial charge in [-0.25, -0.2) is 17.9 Å². The fourth-order valence-electron chi connectivity index (χ4n) is 2.56. The molecular weight excluding hydrogens is 363 g/mol. The van der Waals surface area contributed by atoms with E-state index in [-0.39, 0.29) is 0 Å². The van der Waals surface area contributed by atoms with Gasteiger partial charge in [-0.05, 0) is 48.4 Å². The van der Waals surface area contributed by atoms with E-state index >= 15 is 0 Å². The Kier molecular flexibility index (Phi) is 4.60. The molecule has 1 heterocycles. The Bertz CT molecular complexity index is 1070. The molecular formula is C18H14ClFN2O2S. The number of primary sulfonamides is 1. The van der Waals surface area contributed by atoms with Crippen LogP contribution in [-0.4, -0.2) is 13.4 Å². The van der Waals surface area contributed by atoms with Crippen molar-refractivity contribution < 1.29 is 12.8 Å². The summed E-state index contributed by atoms with van der Waals surface area (Å²) in [4.78, 5) is 3.85. The zero-order valence-corrected chi connectivity index (χ0v) is 14.8. The standard InChI is InChI=1S/C18H14ClFN2O2S/c1-11-9-13(4-6-15(11)19)18-14(3-2-8-22-18)12-5-7-17(16(20)10-12)25(21,23)24/h2-10H,1H3,(H2,21,23,24). The van der Waals surface area contributed by atoms with E-state index in [9.17, 15) is 12.8 Å². The highest BCUT2D eigenvalue weighted by Crippen LogP contribution is 2.33. The van der Waals surface area contributed by atoms with Crippen molar-refractivity contribution in [3.8, 4) is 22.4 Å². The fourth-order valence-corrected chi connectivity index (χ4v) is 3.27. The molecule has 0 unspecified atom stereocenters. The predicted molar refractivity (Wildman–Crippen MR) is 96.2 cm³/mol. The van der Waals surface area contributed by atoms with Crippen LogP contribution in [-0.2, 0) is 10.0 Å². The van der Waals surface area contributed by atoms with Crippen LogP contribution < -0.4 is 5.14 Å². The fraction of sp³-hybridized carbons (Fsp3) is 0.0556. The van der Waals surface area contributed by atoms with Gasteiger partial charge in [0.2, 0.25) is 10.0 Å². The first-order chi connectivity index (χ1) is 11.8. The number of sulfonamides is 1. The van der Waals surface area contributed by atoms with Gasteiger partial charge in [0.05, 0.1) is 5.69 Å². The second kappa shape index (κ2) is 6.55. The van der Waals surface area contributed by atoms with E-state index in [0.717, 1.165) is 23.3 Å². The molecule has 0 fully saturated rings. The molecule has 128 valence electrons. The molecule has 4 nitrogen and oxygen atoms in total. The topological polar surface area (TPSA) is 73.0 Å². The molecule has 3 aromatic rings. The van der Waals surface area contributed by atoms with Crippen LogP contribution in [0.2, 0.25) is 5.02 Å². The van der Waals surface area contributed by atoms with E-state index in [1.807, 2.05) is 19.1 Å². The van der Waals surface area contributed by atoms with Crippen LogP contribution in [0.5, 0.6) is 0 Å². The lowest BCUT2D eigenvalue weighted by Gasteiger charge is -2.11. The Morgan fingerprint density at radius 2 is 1.80 bits per heavy atom. The van der Waals surface area contributed by atoms with Crippen LogP contribution in [0.1, 0.15) is 5.56 Å². The Balaban J connectivity index is 2.16. The number of aryl methyl sites for hydroxylation is 1. The molecule has 0 bridgehead atoms. The van der Waals surface area contributed by atoms with Crippen LogP contribution >= 0.6 is 11.6 Å². The lowest BCUT2D eigenvalue weighted by atomic mass is 9.98. The van der Waals surface area contributed by atoms with Gasteiger partial charge in [0, 0.05) is 22.3 Å². The van der Waals surface area contributed by atoms with Gasteiger partial charge in [-0.1, -0.05) is 29.8 Å². The summed E-state index contributed by atoms with van der Waals surface area (Å²) in [7, 11) is -4.11. The normalized spacial score (nSPS) is 11.5. The Hall–Kier alpha value is -2.28. The SMILES string of the molecule is Cc1cc(-c2ncccc2-c2ccc(S(N)(=O)=O)c(F)c2)ccc1Cl. The van der Waals surface area contributed by atoms with Gasteiger partial charge in [-0.3, -0.25) is 4.98 Å². The average molecular weight is 377 g/mol. The summed E-state index contributed by atoms with van der Waals surface area (Å²) < 4.78 is 36.9. The molecule has 7 heteroatoms. The molecule has 2 N–H and O–H groups in total. The number of nitrogens with zero attached hydrogens (tertiary/aromatic N) is 1. The minimum Gasteiger partial charge on any atom is -0.256 e. The molecule has 2 aromatic carbocycles.